The Labute approximate surface area is 164 Å². The van der Waals surface area contributed by atoms with Gasteiger partial charge >= 0.3 is 5.97 Å². The summed E-state index contributed by atoms with van der Waals surface area (Å²) in [5.74, 6) is -0.647. The molecule has 28 heavy (non-hydrogen) atoms. The highest BCUT2D eigenvalue weighted by atomic mass is 32.2. The van der Waals surface area contributed by atoms with Crippen molar-refractivity contribution in [3.05, 3.63) is 59.4 Å². The Kier molecular flexibility index (Phi) is 6.46. The van der Waals surface area contributed by atoms with Crippen molar-refractivity contribution in [2.75, 3.05) is 19.7 Å². The third kappa shape index (κ3) is 4.59. The zero-order valence-corrected chi connectivity index (χ0v) is 16.6. The lowest BCUT2D eigenvalue weighted by Gasteiger charge is -2.26. The van der Waals surface area contributed by atoms with Crippen molar-refractivity contribution in [3.8, 4) is 0 Å². The van der Waals surface area contributed by atoms with Crippen LogP contribution in [0.5, 0.6) is 0 Å². The van der Waals surface area contributed by atoms with E-state index >= 15 is 0 Å². The summed E-state index contributed by atoms with van der Waals surface area (Å²) < 4.78 is 44.0. The number of aryl methyl sites for hydroxylation is 1. The molecule has 2 aromatic rings. The summed E-state index contributed by atoms with van der Waals surface area (Å²) in [6.45, 7) is 2.91. The quantitative estimate of drug-likeness (QED) is 0.716. The number of hydrogen-bond donors (Lipinski definition) is 1. The molecule has 2 aromatic carbocycles. The predicted octanol–water partition coefficient (Wildman–Crippen LogP) is 3.23. The Morgan fingerprint density at radius 3 is 2.75 bits per heavy atom. The van der Waals surface area contributed by atoms with Crippen molar-refractivity contribution in [3.63, 3.8) is 0 Å². The molecule has 3 rings (SSSR count). The van der Waals surface area contributed by atoms with Crippen molar-refractivity contribution in [2.24, 2.45) is 0 Å². The fourth-order valence-corrected chi connectivity index (χ4v) is 4.94. The van der Waals surface area contributed by atoms with Crippen molar-refractivity contribution in [2.45, 2.75) is 41.9 Å². The van der Waals surface area contributed by atoms with Gasteiger partial charge in [-0.15, -0.1) is 0 Å². The second-order valence-corrected chi connectivity index (χ2v) is 8.80. The lowest BCUT2D eigenvalue weighted by molar-refractivity contribution is -0.142. The maximum Gasteiger partial charge on any atom is 0.319 e. The van der Waals surface area contributed by atoms with E-state index in [-0.39, 0.29) is 28.2 Å². The minimum atomic E-state index is -3.76. The molecule has 0 saturated heterocycles. The van der Waals surface area contributed by atoms with Crippen LogP contribution in [0.1, 0.15) is 36.8 Å². The highest BCUT2D eigenvalue weighted by molar-refractivity contribution is 7.91. The van der Waals surface area contributed by atoms with Crippen LogP contribution >= 0.6 is 0 Å². The summed E-state index contributed by atoms with van der Waals surface area (Å²) in [6, 6.07) is 10.2. The van der Waals surface area contributed by atoms with Gasteiger partial charge in [-0.05, 0) is 73.6 Å². The van der Waals surface area contributed by atoms with Crippen molar-refractivity contribution >= 4 is 15.8 Å². The van der Waals surface area contributed by atoms with Crippen LogP contribution in [-0.2, 0) is 25.8 Å². The average Bonchev–Trinajstić information content (AvgIpc) is 2.68. The van der Waals surface area contributed by atoms with E-state index < -0.39 is 15.7 Å². The smallest absolute Gasteiger partial charge is 0.319 e. The van der Waals surface area contributed by atoms with Gasteiger partial charge in [0, 0.05) is 6.54 Å². The Morgan fingerprint density at radius 1 is 1.21 bits per heavy atom. The topological polar surface area (TPSA) is 72.5 Å². The summed E-state index contributed by atoms with van der Waals surface area (Å²) in [5.41, 5.74) is 2.09. The summed E-state index contributed by atoms with van der Waals surface area (Å²) in [5, 5.41) is 3.12. The monoisotopic (exact) mass is 405 g/mol. The van der Waals surface area contributed by atoms with E-state index in [1.54, 1.807) is 19.1 Å². The van der Waals surface area contributed by atoms with Crippen LogP contribution < -0.4 is 5.32 Å². The maximum absolute atomic E-state index is 13.5. The molecule has 1 aliphatic rings. The number of nitrogens with one attached hydrogen (secondary N) is 1. The minimum Gasteiger partial charge on any atom is -0.465 e. The Morgan fingerprint density at radius 2 is 2.00 bits per heavy atom. The van der Waals surface area contributed by atoms with E-state index in [9.17, 15) is 17.6 Å². The number of benzene rings is 2. The zero-order chi connectivity index (χ0) is 20.1. The predicted molar refractivity (Wildman–Crippen MR) is 103 cm³/mol. The van der Waals surface area contributed by atoms with Crippen LogP contribution in [-0.4, -0.2) is 34.1 Å². The molecule has 1 aliphatic carbocycles. The number of hydrogen-bond acceptors (Lipinski definition) is 5. The highest BCUT2D eigenvalue weighted by Gasteiger charge is 2.24. The molecule has 7 heteroatoms. The van der Waals surface area contributed by atoms with Crippen LogP contribution in [0.4, 0.5) is 4.39 Å². The van der Waals surface area contributed by atoms with E-state index in [1.165, 1.54) is 18.2 Å². The molecule has 5 nitrogen and oxygen atoms in total. The fraction of sp³-hybridized carbons (Fsp3) is 0.381. The first-order chi connectivity index (χ1) is 13.4. The van der Waals surface area contributed by atoms with E-state index in [4.69, 9.17) is 4.74 Å². The lowest BCUT2D eigenvalue weighted by Crippen LogP contribution is -2.30. The summed E-state index contributed by atoms with van der Waals surface area (Å²) in [4.78, 5) is 11.6. The second-order valence-electron chi connectivity index (χ2n) is 6.85. The molecular formula is C21H24FNO4S. The molecule has 0 unspecified atom stereocenters. The van der Waals surface area contributed by atoms with Gasteiger partial charge in [-0.1, -0.05) is 12.1 Å². The fourth-order valence-electron chi connectivity index (χ4n) is 3.60. The van der Waals surface area contributed by atoms with Gasteiger partial charge in [0.05, 0.1) is 22.9 Å². The van der Waals surface area contributed by atoms with Crippen LogP contribution in [0.3, 0.4) is 0 Å². The Balaban J connectivity index is 1.78. The van der Waals surface area contributed by atoms with E-state index in [0.29, 0.717) is 13.2 Å². The van der Waals surface area contributed by atoms with E-state index in [1.807, 2.05) is 6.07 Å². The van der Waals surface area contributed by atoms with Gasteiger partial charge in [0.2, 0.25) is 9.84 Å². The number of esters is 1. The van der Waals surface area contributed by atoms with Gasteiger partial charge < -0.3 is 10.1 Å². The lowest BCUT2D eigenvalue weighted by atomic mass is 9.83. The van der Waals surface area contributed by atoms with Gasteiger partial charge in [0.1, 0.15) is 5.82 Å². The Bertz CT molecular complexity index is 959. The van der Waals surface area contributed by atoms with Crippen LogP contribution in [0.25, 0.3) is 0 Å². The van der Waals surface area contributed by atoms with Gasteiger partial charge in [0.15, 0.2) is 0 Å². The first-order valence-corrected chi connectivity index (χ1v) is 10.9. The molecule has 0 fully saturated rings. The SMILES string of the molecule is CCOC(=O)CNC[C@@H]1CCCc2cc(S(=O)(=O)c3cccc(F)c3)ccc21. The largest absolute Gasteiger partial charge is 0.465 e. The highest BCUT2D eigenvalue weighted by Crippen LogP contribution is 2.34. The first kappa shape index (κ1) is 20.5. The molecule has 0 aliphatic heterocycles. The number of carbonyl (C=O) groups excluding carboxylic acids is 1. The van der Waals surface area contributed by atoms with E-state index in [2.05, 4.69) is 5.32 Å². The van der Waals surface area contributed by atoms with Gasteiger partial charge in [-0.25, -0.2) is 12.8 Å². The molecule has 0 saturated carbocycles. The van der Waals surface area contributed by atoms with Crippen molar-refractivity contribution in [1.29, 1.82) is 0 Å². The summed E-state index contributed by atoms with van der Waals surface area (Å²) in [6.07, 6.45) is 2.72. The molecule has 0 spiro atoms. The maximum atomic E-state index is 13.5. The van der Waals surface area contributed by atoms with Crippen LogP contribution in [0.15, 0.2) is 52.3 Å². The number of halogens is 1. The minimum absolute atomic E-state index is 0.0455. The molecular weight excluding hydrogens is 381 g/mol. The number of rotatable bonds is 7. The molecule has 1 atom stereocenters. The normalized spacial score (nSPS) is 16.4. The number of ether oxygens (including phenoxy) is 1. The van der Waals surface area contributed by atoms with Gasteiger partial charge in [-0.2, -0.15) is 0 Å². The van der Waals surface area contributed by atoms with Gasteiger partial charge in [0.25, 0.3) is 0 Å². The molecule has 0 bridgehead atoms. The molecule has 0 amide bonds. The van der Waals surface area contributed by atoms with E-state index in [0.717, 1.165) is 36.5 Å². The average molecular weight is 405 g/mol. The molecule has 0 aromatic heterocycles. The second kappa shape index (κ2) is 8.84. The number of sulfone groups is 1. The van der Waals surface area contributed by atoms with Crippen LogP contribution in [0.2, 0.25) is 0 Å². The molecule has 0 radical (unpaired) electrons. The third-order valence-electron chi connectivity index (χ3n) is 4.94. The third-order valence-corrected chi connectivity index (χ3v) is 6.68. The molecule has 150 valence electrons. The Hall–Kier alpha value is -2.25. The number of fused-ring (bicyclic) bond motifs is 1. The van der Waals surface area contributed by atoms with Gasteiger partial charge in [-0.3, -0.25) is 4.79 Å². The zero-order valence-electron chi connectivity index (χ0n) is 15.8. The molecule has 0 heterocycles. The summed E-state index contributed by atoms with van der Waals surface area (Å²) in [7, 11) is -3.76. The standard InChI is InChI=1S/C21H24FNO4S/c1-2-27-21(24)14-23-13-16-6-3-5-15-11-19(9-10-20(15)16)28(25,26)18-8-4-7-17(22)12-18/h4,7-12,16,23H,2-3,5-6,13-14H2,1H3/t16-/m0/s1. The number of carbonyl (C=O) groups is 1. The molecule has 1 N–H and O–H groups in total. The first-order valence-electron chi connectivity index (χ1n) is 9.41. The summed E-state index contributed by atoms with van der Waals surface area (Å²) >= 11 is 0. The van der Waals surface area contributed by atoms with Crippen molar-refractivity contribution in [1.82, 2.24) is 5.32 Å². The van der Waals surface area contributed by atoms with Crippen LogP contribution in [0, 0.1) is 5.82 Å². The van der Waals surface area contributed by atoms with Crippen molar-refractivity contribution < 1.29 is 22.3 Å².